The van der Waals surface area contributed by atoms with E-state index in [1.54, 1.807) is 0 Å². The summed E-state index contributed by atoms with van der Waals surface area (Å²) in [7, 11) is 0. The molecule has 1 aliphatic heterocycles. The highest BCUT2D eigenvalue weighted by Crippen LogP contribution is 2.37. The molecule has 0 radical (unpaired) electrons. The summed E-state index contributed by atoms with van der Waals surface area (Å²) in [6.07, 6.45) is 1.92. The van der Waals surface area contributed by atoms with Gasteiger partial charge in [-0.3, -0.25) is 9.69 Å². The first-order chi connectivity index (χ1) is 8.90. The monoisotopic (exact) mass is 268 g/mol. The molecule has 4 heteroatoms. The summed E-state index contributed by atoms with van der Waals surface area (Å²) < 4.78 is 0. The molecule has 0 spiro atoms. The van der Waals surface area contributed by atoms with E-state index >= 15 is 0 Å². The number of rotatable bonds is 4. The van der Waals surface area contributed by atoms with Crippen molar-refractivity contribution in [2.24, 2.45) is 11.8 Å². The third-order valence-corrected chi connectivity index (χ3v) is 4.65. The highest BCUT2D eigenvalue weighted by atomic mass is 16.3. The SMILES string of the molecule is CC(C)N(C(=O)CN1CC2CCC(O)C2C1)C(C)C. The average molecular weight is 268 g/mol. The minimum atomic E-state index is -0.142. The van der Waals surface area contributed by atoms with E-state index in [1.165, 1.54) is 0 Å². The lowest BCUT2D eigenvalue weighted by Gasteiger charge is -2.32. The second kappa shape index (κ2) is 5.80. The number of aliphatic hydroxyl groups is 1. The number of amides is 1. The third kappa shape index (κ3) is 3.11. The number of aliphatic hydroxyl groups excluding tert-OH is 1. The smallest absolute Gasteiger partial charge is 0.237 e. The Morgan fingerprint density at radius 3 is 2.37 bits per heavy atom. The van der Waals surface area contributed by atoms with Crippen molar-refractivity contribution in [1.82, 2.24) is 9.80 Å². The van der Waals surface area contributed by atoms with E-state index in [-0.39, 0.29) is 24.1 Å². The van der Waals surface area contributed by atoms with E-state index in [0.717, 1.165) is 25.9 Å². The van der Waals surface area contributed by atoms with Gasteiger partial charge in [0.15, 0.2) is 0 Å². The minimum Gasteiger partial charge on any atom is -0.393 e. The quantitative estimate of drug-likeness (QED) is 0.836. The zero-order chi connectivity index (χ0) is 14.2. The Balaban J connectivity index is 1.90. The Morgan fingerprint density at radius 2 is 1.84 bits per heavy atom. The Kier molecular flexibility index (Phi) is 4.51. The highest BCUT2D eigenvalue weighted by Gasteiger charge is 2.42. The van der Waals surface area contributed by atoms with Gasteiger partial charge in [-0.15, -0.1) is 0 Å². The largest absolute Gasteiger partial charge is 0.393 e. The highest BCUT2D eigenvalue weighted by molar-refractivity contribution is 5.78. The Bertz CT molecular complexity index is 322. The van der Waals surface area contributed by atoms with Gasteiger partial charge in [0.2, 0.25) is 5.91 Å². The summed E-state index contributed by atoms with van der Waals surface area (Å²) in [5.74, 6) is 1.23. The van der Waals surface area contributed by atoms with Gasteiger partial charge in [-0.2, -0.15) is 0 Å². The fourth-order valence-corrected chi connectivity index (χ4v) is 3.90. The third-order valence-electron chi connectivity index (χ3n) is 4.65. The van der Waals surface area contributed by atoms with E-state index < -0.39 is 0 Å². The minimum absolute atomic E-state index is 0.142. The van der Waals surface area contributed by atoms with Crippen LogP contribution in [0.5, 0.6) is 0 Å². The van der Waals surface area contributed by atoms with Gasteiger partial charge in [-0.25, -0.2) is 0 Å². The van der Waals surface area contributed by atoms with E-state index in [2.05, 4.69) is 32.6 Å². The van der Waals surface area contributed by atoms with Crippen LogP contribution < -0.4 is 0 Å². The lowest BCUT2D eigenvalue weighted by Crippen LogP contribution is -2.47. The van der Waals surface area contributed by atoms with Crippen molar-refractivity contribution in [3.05, 3.63) is 0 Å². The molecule has 3 unspecified atom stereocenters. The predicted octanol–water partition coefficient (Wildman–Crippen LogP) is 1.33. The summed E-state index contributed by atoms with van der Waals surface area (Å²) in [5.41, 5.74) is 0. The number of fused-ring (bicyclic) bond motifs is 1. The molecule has 1 saturated carbocycles. The fraction of sp³-hybridized carbons (Fsp3) is 0.933. The molecule has 1 heterocycles. The summed E-state index contributed by atoms with van der Waals surface area (Å²) in [6, 6.07) is 0.500. The molecule has 2 fully saturated rings. The molecule has 1 saturated heterocycles. The molecular formula is C15H28N2O2. The van der Waals surface area contributed by atoms with Crippen molar-refractivity contribution >= 4 is 5.91 Å². The van der Waals surface area contributed by atoms with Crippen LogP contribution >= 0.6 is 0 Å². The topological polar surface area (TPSA) is 43.8 Å². The first-order valence-electron chi connectivity index (χ1n) is 7.61. The summed E-state index contributed by atoms with van der Waals surface area (Å²) in [5, 5.41) is 9.91. The molecule has 4 nitrogen and oxygen atoms in total. The number of hydrogen-bond donors (Lipinski definition) is 1. The van der Waals surface area contributed by atoms with Gasteiger partial charge in [0.1, 0.15) is 0 Å². The second-order valence-electron chi connectivity index (χ2n) is 6.75. The molecule has 0 bridgehead atoms. The molecule has 1 N–H and O–H groups in total. The molecule has 2 aliphatic rings. The average Bonchev–Trinajstić information content (AvgIpc) is 2.80. The van der Waals surface area contributed by atoms with Crippen LogP contribution in [0.2, 0.25) is 0 Å². The van der Waals surface area contributed by atoms with Crippen molar-refractivity contribution < 1.29 is 9.90 Å². The number of likely N-dealkylation sites (tertiary alicyclic amines) is 1. The maximum absolute atomic E-state index is 12.4. The Labute approximate surface area is 116 Å². The molecule has 2 rings (SSSR count). The molecule has 110 valence electrons. The van der Waals surface area contributed by atoms with Crippen LogP contribution in [0.1, 0.15) is 40.5 Å². The van der Waals surface area contributed by atoms with Gasteiger partial charge in [-0.05, 0) is 46.5 Å². The Hall–Kier alpha value is -0.610. The number of nitrogens with zero attached hydrogens (tertiary/aromatic N) is 2. The molecule has 1 amide bonds. The van der Waals surface area contributed by atoms with Gasteiger partial charge in [-0.1, -0.05) is 0 Å². The van der Waals surface area contributed by atoms with Gasteiger partial charge in [0, 0.05) is 31.1 Å². The predicted molar refractivity (Wildman–Crippen MR) is 75.8 cm³/mol. The van der Waals surface area contributed by atoms with Crippen LogP contribution in [0, 0.1) is 11.8 Å². The maximum Gasteiger partial charge on any atom is 0.237 e. The van der Waals surface area contributed by atoms with Gasteiger partial charge >= 0.3 is 0 Å². The summed E-state index contributed by atoms with van der Waals surface area (Å²) >= 11 is 0. The van der Waals surface area contributed by atoms with Crippen molar-refractivity contribution in [3.63, 3.8) is 0 Å². The molecule has 3 atom stereocenters. The first-order valence-corrected chi connectivity index (χ1v) is 7.61. The van der Waals surface area contributed by atoms with Crippen LogP contribution in [0.25, 0.3) is 0 Å². The molecule has 19 heavy (non-hydrogen) atoms. The van der Waals surface area contributed by atoms with Crippen LogP contribution in [0.3, 0.4) is 0 Å². The molecule has 0 aromatic carbocycles. The fourth-order valence-electron chi connectivity index (χ4n) is 3.90. The number of carbonyl (C=O) groups excluding carboxylic acids is 1. The van der Waals surface area contributed by atoms with E-state index in [9.17, 15) is 9.90 Å². The van der Waals surface area contributed by atoms with Crippen molar-refractivity contribution in [2.45, 2.75) is 58.7 Å². The Morgan fingerprint density at radius 1 is 1.21 bits per heavy atom. The van der Waals surface area contributed by atoms with E-state index in [4.69, 9.17) is 0 Å². The van der Waals surface area contributed by atoms with Crippen molar-refractivity contribution in [2.75, 3.05) is 19.6 Å². The van der Waals surface area contributed by atoms with E-state index in [0.29, 0.717) is 18.4 Å². The van der Waals surface area contributed by atoms with Crippen LogP contribution in [-0.4, -0.2) is 58.6 Å². The van der Waals surface area contributed by atoms with Crippen molar-refractivity contribution in [1.29, 1.82) is 0 Å². The first kappa shape index (κ1) is 14.8. The standard InChI is InChI=1S/C15H28N2O2/c1-10(2)17(11(3)4)15(19)9-16-7-12-5-6-14(18)13(12)8-16/h10-14,18H,5-9H2,1-4H3. The maximum atomic E-state index is 12.4. The van der Waals surface area contributed by atoms with E-state index in [1.807, 2.05) is 4.90 Å². The van der Waals surface area contributed by atoms with Gasteiger partial charge in [0.05, 0.1) is 12.6 Å². The summed E-state index contributed by atoms with van der Waals surface area (Å²) in [4.78, 5) is 16.6. The number of hydrogen-bond acceptors (Lipinski definition) is 3. The summed E-state index contributed by atoms with van der Waals surface area (Å²) in [6.45, 7) is 10.7. The zero-order valence-corrected chi connectivity index (χ0v) is 12.7. The van der Waals surface area contributed by atoms with Gasteiger partial charge < -0.3 is 10.0 Å². The zero-order valence-electron chi connectivity index (χ0n) is 12.7. The van der Waals surface area contributed by atoms with Crippen LogP contribution in [0.15, 0.2) is 0 Å². The van der Waals surface area contributed by atoms with Crippen LogP contribution in [0.4, 0.5) is 0 Å². The van der Waals surface area contributed by atoms with Crippen molar-refractivity contribution in [3.8, 4) is 0 Å². The molecule has 1 aliphatic carbocycles. The lowest BCUT2D eigenvalue weighted by molar-refractivity contribution is -0.135. The van der Waals surface area contributed by atoms with Crippen LogP contribution in [-0.2, 0) is 4.79 Å². The molecule has 0 aromatic heterocycles. The normalized spacial score (nSPS) is 31.2. The second-order valence-corrected chi connectivity index (χ2v) is 6.75. The molecule has 0 aromatic rings. The van der Waals surface area contributed by atoms with Gasteiger partial charge in [0.25, 0.3) is 0 Å². The number of carbonyl (C=O) groups is 1. The molecular weight excluding hydrogens is 240 g/mol. The lowest BCUT2D eigenvalue weighted by atomic mass is 10.00.